The maximum Gasteiger partial charge on any atom is 0.252 e. The predicted molar refractivity (Wildman–Crippen MR) is 133 cm³/mol. The van der Waals surface area contributed by atoms with Crippen LogP contribution in [0.25, 0.3) is 10.9 Å². The average molecular weight is 475 g/mol. The Bertz CT molecular complexity index is 1340. The minimum absolute atomic E-state index is 0.100. The topological polar surface area (TPSA) is 98.2 Å². The second kappa shape index (κ2) is 10.3. The van der Waals surface area contributed by atoms with Crippen LogP contribution in [0.2, 0.25) is 0 Å². The Labute approximate surface area is 203 Å². The van der Waals surface area contributed by atoms with Crippen molar-refractivity contribution in [2.75, 3.05) is 14.2 Å². The molecule has 1 aliphatic carbocycles. The maximum atomic E-state index is 13.0. The molecule has 0 aliphatic heterocycles. The van der Waals surface area contributed by atoms with Crippen molar-refractivity contribution in [3.05, 3.63) is 75.8 Å². The number of rotatable bonds is 9. The Balaban J connectivity index is 1.44. The monoisotopic (exact) mass is 474 g/mol. The minimum atomic E-state index is -0.100. The van der Waals surface area contributed by atoms with E-state index in [-0.39, 0.29) is 5.56 Å². The van der Waals surface area contributed by atoms with E-state index in [2.05, 4.69) is 37.5 Å². The van der Waals surface area contributed by atoms with Gasteiger partial charge in [-0.2, -0.15) is 0 Å². The van der Waals surface area contributed by atoms with Crippen LogP contribution in [0.15, 0.2) is 53.3 Å². The molecule has 9 nitrogen and oxygen atoms in total. The summed E-state index contributed by atoms with van der Waals surface area (Å²) in [4.78, 5) is 18.4. The van der Waals surface area contributed by atoms with Crippen LogP contribution < -0.4 is 15.0 Å². The standard InChI is InChI=1S/C26H30N6O3/c1-34-23-13-19-12-20(26(33)27-22(19)14-24(23)35-2)16-31(21-10-6-7-11-21)17-25-28-29-30-32(25)15-18-8-4-3-5-9-18/h3-5,8-9,12-14,21H,6-7,10-11,15-17H2,1-2H3,(H,27,33). The highest BCUT2D eigenvalue weighted by Gasteiger charge is 2.26. The van der Waals surface area contributed by atoms with Crippen molar-refractivity contribution < 1.29 is 9.47 Å². The van der Waals surface area contributed by atoms with Crippen molar-refractivity contribution in [2.24, 2.45) is 0 Å². The molecule has 2 aromatic heterocycles. The summed E-state index contributed by atoms with van der Waals surface area (Å²) >= 11 is 0. The van der Waals surface area contributed by atoms with Crippen LogP contribution in [0.1, 0.15) is 42.6 Å². The molecule has 2 aromatic carbocycles. The van der Waals surface area contributed by atoms with Crippen LogP contribution in [-0.4, -0.2) is 50.4 Å². The molecule has 1 saturated carbocycles. The fourth-order valence-corrected chi connectivity index (χ4v) is 4.90. The molecule has 182 valence electrons. The molecule has 9 heteroatoms. The summed E-state index contributed by atoms with van der Waals surface area (Å²) < 4.78 is 12.7. The largest absolute Gasteiger partial charge is 0.493 e. The van der Waals surface area contributed by atoms with E-state index in [0.717, 1.165) is 35.1 Å². The highest BCUT2D eigenvalue weighted by atomic mass is 16.5. The lowest BCUT2D eigenvalue weighted by Gasteiger charge is -2.28. The Morgan fingerprint density at radius 1 is 1.03 bits per heavy atom. The van der Waals surface area contributed by atoms with Gasteiger partial charge in [0.15, 0.2) is 17.3 Å². The SMILES string of the molecule is COc1cc2cc(CN(Cc3nnnn3Cc3ccccc3)C3CCCC3)c(=O)[nH]c2cc1OC. The zero-order chi connectivity index (χ0) is 24.2. The third-order valence-electron chi connectivity index (χ3n) is 6.77. The van der Waals surface area contributed by atoms with Crippen LogP contribution in [0.4, 0.5) is 0 Å². The van der Waals surface area contributed by atoms with Gasteiger partial charge in [0.2, 0.25) is 0 Å². The number of H-pyrrole nitrogens is 1. The second-order valence-corrected chi connectivity index (χ2v) is 9.00. The third kappa shape index (κ3) is 5.05. The molecule has 0 atom stereocenters. The highest BCUT2D eigenvalue weighted by Crippen LogP contribution is 2.31. The molecule has 0 unspecified atom stereocenters. The predicted octanol–water partition coefficient (Wildman–Crippen LogP) is 3.52. The van der Waals surface area contributed by atoms with Crippen LogP contribution in [0.5, 0.6) is 11.5 Å². The normalized spacial score (nSPS) is 14.1. The van der Waals surface area contributed by atoms with Gasteiger partial charge in [0.05, 0.1) is 32.8 Å². The Morgan fingerprint density at radius 3 is 2.51 bits per heavy atom. The van der Waals surface area contributed by atoms with E-state index in [9.17, 15) is 4.79 Å². The lowest BCUT2D eigenvalue weighted by atomic mass is 10.1. The van der Waals surface area contributed by atoms with E-state index in [1.165, 1.54) is 12.8 Å². The lowest BCUT2D eigenvalue weighted by Crippen LogP contribution is -2.35. The zero-order valence-corrected chi connectivity index (χ0v) is 20.1. The molecule has 0 saturated heterocycles. The molecule has 1 N–H and O–H groups in total. The Hall–Kier alpha value is -3.72. The van der Waals surface area contributed by atoms with Gasteiger partial charge < -0.3 is 14.5 Å². The first-order valence-corrected chi connectivity index (χ1v) is 12.0. The first kappa shape index (κ1) is 23.0. The van der Waals surface area contributed by atoms with Crippen molar-refractivity contribution in [3.8, 4) is 11.5 Å². The van der Waals surface area contributed by atoms with Gasteiger partial charge in [0, 0.05) is 29.6 Å². The van der Waals surface area contributed by atoms with Crippen LogP contribution in [-0.2, 0) is 19.6 Å². The van der Waals surface area contributed by atoms with Gasteiger partial charge in [0.25, 0.3) is 5.56 Å². The quantitative estimate of drug-likeness (QED) is 0.396. The number of aromatic amines is 1. The number of hydrogen-bond acceptors (Lipinski definition) is 7. The fraction of sp³-hybridized carbons (Fsp3) is 0.385. The maximum absolute atomic E-state index is 13.0. The number of ether oxygens (including phenoxy) is 2. The van der Waals surface area contributed by atoms with Gasteiger partial charge in [0.1, 0.15) is 0 Å². The number of methoxy groups -OCH3 is 2. The summed E-state index contributed by atoms with van der Waals surface area (Å²) in [7, 11) is 3.19. The fourth-order valence-electron chi connectivity index (χ4n) is 4.90. The lowest BCUT2D eigenvalue weighted by molar-refractivity contribution is 0.172. The zero-order valence-electron chi connectivity index (χ0n) is 20.1. The van der Waals surface area contributed by atoms with Gasteiger partial charge >= 0.3 is 0 Å². The number of pyridine rings is 1. The second-order valence-electron chi connectivity index (χ2n) is 9.00. The van der Waals surface area contributed by atoms with Gasteiger partial charge in [-0.25, -0.2) is 4.68 Å². The number of tetrazole rings is 1. The van der Waals surface area contributed by atoms with E-state index in [4.69, 9.17) is 9.47 Å². The molecule has 1 aliphatic rings. The van der Waals surface area contributed by atoms with E-state index in [1.54, 1.807) is 20.3 Å². The van der Waals surface area contributed by atoms with Crippen LogP contribution in [0.3, 0.4) is 0 Å². The Kier molecular flexibility index (Phi) is 6.76. The molecule has 1 fully saturated rings. The summed E-state index contributed by atoms with van der Waals surface area (Å²) in [6, 6.07) is 16.2. The third-order valence-corrected chi connectivity index (χ3v) is 6.77. The number of nitrogens with zero attached hydrogens (tertiary/aromatic N) is 5. The Morgan fingerprint density at radius 2 is 1.77 bits per heavy atom. The molecule has 4 aromatic rings. The number of aromatic nitrogens is 5. The van der Waals surface area contributed by atoms with Crippen LogP contribution in [0, 0.1) is 0 Å². The average Bonchev–Trinajstić information content (AvgIpc) is 3.56. The molecule has 5 rings (SSSR count). The number of fused-ring (bicyclic) bond motifs is 1. The molecule has 0 bridgehead atoms. The summed E-state index contributed by atoms with van der Waals surface area (Å²) in [5.41, 5.74) is 2.47. The van der Waals surface area contributed by atoms with Gasteiger partial charge in [-0.1, -0.05) is 43.2 Å². The summed E-state index contributed by atoms with van der Waals surface area (Å²) in [6.07, 6.45) is 4.61. The summed E-state index contributed by atoms with van der Waals surface area (Å²) in [5.74, 6) is 2.01. The minimum Gasteiger partial charge on any atom is -0.493 e. The highest BCUT2D eigenvalue weighted by molar-refractivity contribution is 5.83. The van der Waals surface area contributed by atoms with Crippen molar-refractivity contribution in [3.63, 3.8) is 0 Å². The van der Waals surface area contributed by atoms with Crippen molar-refractivity contribution in [2.45, 2.75) is 51.4 Å². The van der Waals surface area contributed by atoms with E-state index < -0.39 is 0 Å². The number of benzene rings is 2. The van der Waals surface area contributed by atoms with E-state index in [0.29, 0.717) is 42.7 Å². The van der Waals surface area contributed by atoms with Crippen molar-refractivity contribution in [1.29, 1.82) is 0 Å². The van der Waals surface area contributed by atoms with Crippen molar-refractivity contribution >= 4 is 10.9 Å². The summed E-state index contributed by atoms with van der Waals surface area (Å²) in [6.45, 7) is 1.70. The van der Waals surface area contributed by atoms with Gasteiger partial charge in [-0.3, -0.25) is 9.69 Å². The first-order valence-electron chi connectivity index (χ1n) is 12.0. The summed E-state index contributed by atoms with van der Waals surface area (Å²) in [5, 5.41) is 13.4. The number of nitrogens with one attached hydrogen (secondary N) is 1. The van der Waals surface area contributed by atoms with Gasteiger partial charge in [-0.05, 0) is 41.0 Å². The number of hydrogen-bond donors (Lipinski definition) is 1. The van der Waals surface area contributed by atoms with Crippen molar-refractivity contribution in [1.82, 2.24) is 30.1 Å². The van der Waals surface area contributed by atoms with E-state index >= 15 is 0 Å². The molecule has 0 amide bonds. The molecule has 0 spiro atoms. The van der Waals surface area contributed by atoms with E-state index in [1.807, 2.05) is 35.0 Å². The van der Waals surface area contributed by atoms with Gasteiger partial charge in [-0.15, -0.1) is 5.10 Å². The first-order chi connectivity index (χ1) is 17.1. The smallest absolute Gasteiger partial charge is 0.252 e. The van der Waals surface area contributed by atoms with Crippen LogP contribution >= 0.6 is 0 Å². The molecular weight excluding hydrogens is 444 g/mol. The molecule has 35 heavy (non-hydrogen) atoms. The molecule has 0 radical (unpaired) electrons. The molecular formula is C26H30N6O3. The molecule has 2 heterocycles.